The quantitative estimate of drug-likeness (QED) is 0.566. The molecule has 1 aliphatic heterocycles. The number of rotatable bonds is 0. The van der Waals surface area contributed by atoms with Gasteiger partial charge < -0.3 is 5.73 Å². The van der Waals surface area contributed by atoms with Crippen LogP contribution in [0.15, 0.2) is 5.10 Å². The van der Waals surface area contributed by atoms with Crippen LogP contribution in [0.1, 0.15) is 20.8 Å². The average molecular weight is 169 g/mol. The predicted molar refractivity (Wildman–Crippen MR) is 43.3 cm³/mol. The van der Waals surface area contributed by atoms with Crippen LogP contribution in [0.4, 0.5) is 4.79 Å². The Kier molecular flexibility index (Phi) is 1.67. The summed E-state index contributed by atoms with van der Waals surface area (Å²) in [4.78, 5) is 22.1. The van der Waals surface area contributed by atoms with E-state index >= 15 is 0 Å². The zero-order valence-electron chi connectivity index (χ0n) is 7.29. The highest BCUT2D eigenvalue weighted by Gasteiger charge is 2.43. The third kappa shape index (κ3) is 0.975. The summed E-state index contributed by atoms with van der Waals surface area (Å²) >= 11 is 0. The monoisotopic (exact) mass is 169 g/mol. The summed E-state index contributed by atoms with van der Waals surface area (Å²) in [6.07, 6.45) is 0. The van der Waals surface area contributed by atoms with Crippen LogP contribution in [0.3, 0.4) is 0 Å². The van der Waals surface area contributed by atoms with E-state index in [0.717, 1.165) is 0 Å². The summed E-state index contributed by atoms with van der Waals surface area (Å²) in [7, 11) is 0. The molecule has 1 heterocycles. The molecular formula is C7H11N3O2. The lowest BCUT2D eigenvalue weighted by molar-refractivity contribution is -0.131. The van der Waals surface area contributed by atoms with E-state index in [2.05, 4.69) is 5.10 Å². The number of primary amides is 1. The Morgan fingerprint density at radius 3 is 2.25 bits per heavy atom. The van der Waals surface area contributed by atoms with Crippen molar-refractivity contribution in [3.05, 3.63) is 0 Å². The van der Waals surface area contributed by atoms with Crippen LogP contribution in [-0.2, 0) is 4.79 Å². The van der Waals surface area contributed by atoms with Crippen LogP contribution >= 0.6 is 0 Å². The summed E-state index contributed by atoms with van der Waals surface area (Å²) in [6, 6.07) is -0.829. The molecule has 0 aromatic carbocycles. The fraction of sp³-hybridized carbons (Fsp3) is 0.571. The van der Waals surface area contributed by atoms with Crippen molar-refractivity contribution in [2.24, 2.45) is 16.3 Å². The van der Waals surface area contributed by atoms with E-state index in [9.17, 15) is 9.59 Å². The van der Waals surface area contributed by atoms with E-state index in [1.165, 1.54) is 0 Å². The van der Waals surface area contributed by atoms with Gasteiger partial charge in [0.2, 0.25) is 0 Å². The van der Waals surface area contributed by atoms with E-state index in [1.54, 1.807) is 20.8 Å². The smallest absolute Gasteiger partial charge is 0.342 e. The Labute approximate surface area is 70.2 Å². The first-order valence-corrected chi connectivity index (χ1v) is 3.57. The third-order valence-corrected chi connectivity index (χ3v) is 2.09. The molecule has 12 heavy (non-hydrogen) atoms. The summed E-state index contributed by atoms with van der Waals surface area (Å²) in [5.74, 6) is -0.368. The molecule has 5 heteroatoms. The second kappa shape index (κ2) is 2.30. The highest BCUT2D eigenvalue weighted by molar-refractivity contribution is 6.15. The second-order valence-electron chi connectivity index (χ2n) is 3.27. The molecule has 0 atom stereocenters. The normalized spacial score (nSPS) is 21.1. The number of hydrazone groups is 1. The highest BCUT2D eigenvalue weighted by atomic mass is 16.2. The van der Waals surface area contributed by atoms with Crippen molar-refractivity contribution < 1.29 is 9.59 Å². The molecule has 1 aliphatic rings. The van der Waals surface area contributed by atoms with E-state index in [4.69, 9.17) is 5.73 Å². The number of hydrogen-bond acceptors (Lipinski definition) is 3. The molecule has 0 aromatic rings. The lowest BCUT2D eigenvalue weighted by Gasteiger charge is -2.15. The fourth-order valence-corrected chi connectivity index (χ4v) is 0.889. The van der Waals surface area contributed by atoms with Crippen molar-refractivity contribution in [2.45, 2.75) is 20.8 Å². The van der Waals surface area contributed by atoms with Gasteiger partial charge in [0.15, 0.2) is 0 Å². The van der Waals surface area contributed by atoms with Gasteiger partial charge >= 0.3 is 6.03 Å². The van der Waals surface area contributed by atoms with Crippen LogP contribution in [0.5, 0.6) is 0 Å². The lowest BCUT2D eigenvalue weighted by atomic mass is 9.88. The number of nitrogens with zero attached hydrogens (tertiary/aromatic N) is 2. The number of hydrogen-bond donors (Lipinski definition) is 1. The van der Waals surface area contributed by atoms with Gasteiger partial charge in [0, 0.05) is 0 Å². The van der Waals surface area contributed by atoms with Gasteiger partial charge in [-0.3, -0.25) is 4.79 Å². The fourth-order valence-electron chi connectivity index (χ4n) is 0.889. The summed E-state index contributed by atoms with van der Waals surface area (Å²) in [5.41, 5.74) is 4.83. The molecule has 0 aromatic heterocycles. The minimum Gasteiger partial charge on any atom is -0.350 e. The zero-order chi connectivity index (χ0) is 9.52. The molecule has 66 valence electrons. The van der Waals surface area contributed by atoms with Gasteiger partial charge in [0.05, 0.1) is 11.1 Å². The zero-order valence-corrected chi connectivity index (χ0v) is 7.29. The number of nitrogens with two attached hydrogens (primary N) is 1. The van der Waals surface area contributed by atoms with E-state index in [-0.39, 0.29) is 5.91 Å². The molecule has 0 fully saturated rings. The van der Waals surface area contributed by atoms with Gasteiger partial charge in [-0.15, -0.1) is 5.01 Å². The topological polar surface area (TPSA) is 75.8 Å². The SMILES string of the molecule is CC1=NN(C(N)=O)C(=O)C1(C)C. The molecule has 5 nitrogen and oxygen atoms in total. The molecule has 0 radical (unpaired) electrons. The Bertz CT molecular complexity index is 280. The number of carbonyl (C=O) groups is 2. The lowest BCUT2D eigenvalue weighted by Crippen LogP contribution is -2.39. The maximum absolute atomic E-state index is 11.4. The Morgan fingerprint density at radius 1 is 1.58 bits per heavy atom. The maximum atomic E-state index is 11.4. The van der Waals surface area contributed by atoms with Crippen LogP contribution < -0.4 is 5.73 Å². The van der Waals surface area contributed by atoms with Gasteiger partial charge in [-0.05, 0) is 20.8 Å². The van der Waals surface area contributed by atoms with Gasteiger partial charge in [-0.1, -0.05) is 0 Å². The summed E-state index contributed by atoms with van der Waals surface area (Å²) in [6.45, 7) is 5.11. The minimum atomic E-state index is -0.829. The van der Waals surface area contributed by atoms with E-state index in [0.29, 0.717) is 10.7 Å². The van der Waals surface area contributed by atoms with Crippen LogP contribution in [-0.4, -0.2) is 22.7 Å². The molecule has 0 aliphatic carbocycles. The third-order valence-electron chi connectivity index (χ3n) is 2.09. The predicted octanol–water partition coefficient (Wildman–Crippen LogP) is 0.309. The van der Waals surface area contributed by atoms with E-state index in [1.807, 2.05) is 0 Å². The van der Waals surface area contributed by atoms with Gasteiger partial charge in [0.25, 0.3) is 5.91 Å². The van der Waals surface area contributed by atoms with Crippen LogP contribution in [0.25, 0.3) is 0 Å². The Balaban J connectivity index is 3.04. The first-order valence-electron chi connectivity index (χ1n) is 3.57. The first kappa shape index (κ1) is 8.70. The van der Waals surface area contributed by atoms with Gasteiger partial charge in [-0.25, -0.2) is 4.79 Å². The molecular weight excluding hydrogens is 158 g/mol. The van der Waals surface area contributed by atoms with E-state index < -0.39 is 11.4 Å². The van der Waals surface area contributed by atoms with Gasteiger partial charge in [0.1, 0.15) is 0 Å². The molecule has 0 saturated heterocycles. The number of imide groups is 1. The Hall–Kier alpha value is -1.39. The molecule has 2 N–H and O–H groups in total. The maximum Gasteiger partial charge on any atom is 0.342 e. The van der Waals surface area contributed by atoms with Crippen molar-refractivity contribution >= 4 is 17.6 Å². The molecule has 3 amide bonds. The minimum absolute atomic E-state index is 0.368. The largest absolute Gasteiger partial charge is 0.350 e. The average Bonchev–Trinajstić information content (AvgIpc) is 2.13. The summed E-state index contributed by atoms with van der Waals surface area (Å²) < 4.78 is 0. The van der Waals surface area contributed by atoms with Crippen molar-refractivity contribution in [1.29, 1.82) is 0 Å². The molecule has 0 unspecified atom stereocenters. The number of urea groups is 1. The second-order valence-corrected chi connectivity index (χ2v) is 3.27. The van der Waals surface area contributed by atoms with Crippen molar-refractivity contribution in [2.75, 3.05) is 0 Å². The van der Waals surface area contributed by atoms with Crippen molar-refractivity contribution in [3.63, 3.8) is 0 Å². The Morgan fingerprint density at radius 2 is 2.08 bits per heavy atom. The van der Waals surface area contributed by atoms with Crippen molar-refractivity contribution in [1.82, 2.24) is 5.01 Å². The number of carbonyl (C=O) groups excluding carboxylic acids is 2. The molecule has 0 saturated carbocycles. The first-order chi connectivity index (χ1) is 5.37. The van der Waals surface area contributed by atoms with Crippen LogP contribution in [0, 0.1) is 5.41 Å². The molecule has 1 rings (SSSR count). The standard InChI is InChI=1S/C7H11N3O2/c1-4-7(2,3)5(11)10(9-4)6(8)12/h1-3H3,(H2,8,12). The highest BCUT2D eigenvalue weighted by Crippen LogP contribution is 2.27. The number of amides is 3. The molecule has 0 spiro atoms. The van der Waals surface area contributed by atoms with Crippen LogP contribution in [0.2, 0.25) is 0 Å². The summed E-state index contributed by atoms with van der Waals surface area (Å²) in [5, 5.41) is 4.45. The van der Waals surface area contributed by atoms with Gasteiger partial charge in [-0.2, -0.15) is 5.10 Å². The van der Waals surface area contributed by atoms with Crippen molar-refractivity contribution in [3.8, 4) is 0 Å². The molecule has 0 bridgehead atoms.